The second kappa shape index (κ2) is 3.26. The summed E-state index contributed by atoms with van der Waals surface area (Å²) in [6.07, 6.45) is 0. The van der Waals surface area contributed by atoms with Crippen molar-refractivity contribution in [3.8, 4) is 0 Å². The molecular weight excluding hydrogens is 275 g/mol. The molecule has 1 heterocycles. The Morgan fingerprint density at radius 1 is 1.07 bits per heavy atom. The van der Waals surface area contributed by atoms with Crippen molar-refractivity contribution in [3.63, 3.8) is 0 Å². The molecule has 0 aliphatic carbocycles. The van der Waals surface area contributed by atoms with Gasteiger partial charge in [-0.2, -0.15) is 0 Å². The van der Waals surface area contributed by atoms with E-state index >= 15 is 0 Å². The average molecular weight is 282 g/mol. The quantitative estimate of drug-likeness (QED) is 0.565. The monoisotopic (exact) mass is 280 g/mol. The maximum absolute atomic E-state index is 6.06. The zero-order chi connectivity index (χ0) is 10.4. The molecule has 0 fully saturated rings. The van der Waals surface area contributed by atoms with Gasteiger partial charge in [0.1, 0.15) is 5.58 Å². The standard InChI is InChI=1S/C12H6BrClO/c13-7-4-5-11-9(6-7)8-2-1-3-10(14)12(8)15-11/h1-6H. The summed E-state index contributed by atoms with van der Waals surface area (Å²) < 4.78 is 6.72. The van der Waals surface area contributed by atoms with E-state index in [1.807, 2.05) is 36.4 Å². The van der Waals surface area contributed by atoms with Crippen LogP contribution in [0.2, 0.25) is 5.02 Å². The molecule has 15 heavy (non-hydrogen) atoms. The number of rotatable bonds is 0. The van der Waals surface area contributed by atoms with Gasteiger partial charge in [-0.15, -0.1) is 0 Å². The Morgan fingerprint density at radius 3 is 2.80 bits per heavy atom. The molecule has 0 aliphatic rings. The summed E-state index contributed by atoms with van der Waals surface area (Å²) in [7, 11) is 0. The number of hydrogen-bond acceptors (Lipinski definition) is 1. The Hall–Kier alpha value is -0.990. The predicted octanol–water partition coefficient (Wildman–Crippen LogP) is 5.00. The van der Waals surface area contributed by atoms with Crippen LogP contribution in [-0.2, 0) is 0 Å². The topological polar surface area (TPSA) is 13.1 Å². The Morgan fingerprint density at radius 2 is 1.93 bits per heavy atom. The van der Waals surface area contributed by atoms with Gasteiger partial charge >= 0.3 is 0 Å². The summed E-state index contributed by atoms with van der Waals surface area (Å²) in [5.41, 5.74) is 1.62. The van der Waals surface area contributed by atoms with Crippen LogP contribution < -0.4 is 0 Å². The van der Waals surface area contributed by atoms with Crippen LogP contribution in [0.25, 0.3) is 21.9 Å². The lowest BCUT2D eigenvalue weighted by atomic mass is 10.1. The van der Waals surface area contributed by atoms with E-state index < -0.39 is 0 Å². The molecule has 0 bridgehead atoms. The summed E-state index contributed by atoms with van der Waals surface area (Å²) in [4.78, 5) is 0. The SMILES string of the molecule is Clc1cccc2c1oc1ccc(Br)cc12. The van der Waals surface area contributed by atoms with Crippen LogP contribution in [0.4, 0.5) is 0 Å². The van der Waals surface area contributed by atoms with Gasteiger partial charge in [-0.1, -0.05) is 39.7 Å². The maximum Gasteiger partial charge on any atom is 0.153 e. The van der Waals surface area contributed by atoms with Crippen LogP contribution in [0.15, 0.2) is 45.3 Å². The molecule has 3 heteroatoms. The van der Waals surface area contributed by atoms with Crippen molar-refractivity contribution in [1.82, 2.24) is 0 Å². The summed E-state index contributed by atoms with van der Waals surface area (Å²) in [5, 5.41) is 2.79. The molecule has 0 aliphatic heterocycles. The fraction of sp³-hybridized carbons (Fsp3) is 0. The fourth-order valence-electron chi connectivity index (χ4n) is 1.74. The van der Waals surface area contributed by atoms with Gasteiger partial charge in [0, 0.05) is 15.2 Å². The molecule has 0 spiro atoms. The van der Waals surface area contributed by atoms with Crippen molar-refractivity contribution < 1.29 is 4.42 Å². The molecular formula is C12H6BrClO. The smallest absolute Gasteiger partial charge is 0.153 e. The van der Waals surface area contributed by atoms with Crippen molar-refractivity contribution in [2.75, 3.05) is 0 Å². The number of halogens is 2. The lowest BCUT2D eigenvalue weighted by molar-refractivity contribution is 0.669. The van der Waals surface area contributed by atoms with E-state index in [1.165, 1.54) is 0 Å². The van der Waals surface area contributed by atoms with Crippen LogP contribution >= 0.6 is 27.5 Å². The van der Waals surface area contributed by atoms with Crippen molar-refractivity contribution in [2.24, 2.45) is 0 Å². The minimum absolute atomic E-state index is 0.653. The minimum Gasteiger partial charge on any atom is -0.454 e. The van der Waals surface area contributed by atoms with E-state index in [0.717, 1.165) is 26.4 Å². The molecule has 0 unspecified atom stereocenters. The largest absolute Gasteiger partial charge is 0.454 e. The third kappa shape index (κ3) is 1.36. The van der Waals surface area contributed by atoms with Gasteiger partial charge in [0.2, 0.25) is 0 Å². The summed E-state index contributed by atoms with van der Waals surface area (Å²) in [6.45, 7) is 0. The molecule has 1 aromatic heterocycles. The minimum atomic E-state index is 0.653. The number of fused-ring (bicyclic) bond motifs is 3. The molecule has 2 aromatic carbocycles. The van der Waals surface area contributed by atoms with Crippen LogP contribution in [0, 0.1) is 0 Å². The van der Waals surface area contributed by atoms with Crippen LogP contribution in [0.5, 0.6) is 0 Å². The third-order valence-corrected chi connectivity index (χ3v) is 3.20. The number of benzene rings is 2. The van der Waals surface area contributed by atoms with E-state index in [1.54, 1.807) is 0 Å². The molecule has 74 valence electrons. The number of hydrogen-bond donors (Lipinski definition) is 0. The van der Waals surface area contributed by atoms with Crippen molar-refractivity contribution in [2.45, 2.75) is 0 Å². The zero-order valence-corrected chi connectivity index (χ0v) is 9.97. The highest BCUT2D eigenvalue weighted by molar-refractivity contribution is 9.10. The Kier molecular flexibility index (Phi) is 2.01. The molecule has 0 radical (unpaired) electrons. The lowest BCUT2D eigenvalue weighted by Crippen LogP contribution is -1.67. The summed E-state index contributed by atoms with van der Waals surface area (Å²) >= 11 is 9.51. The van der Waals surface area contributed by atoms with Gasteiger partial charge in [-0.25, -0.2) is 0 Å². The first-order chi connectivity index (χ1) is 7.25. The molecule has 0 amide bonds. The molecule has 3 rings (SSSR count). The highest BCUT2D eigenvalue weighted by Gasteiger charge is 2.08. The van der Waals surface area contributed by atoms with E-state index in [4.69, 9.17) is 16.0 Å². The summed E-state index contributed by atoms with van der Waals surface area (Å²) in [5.74, 6) is 0. The van der Waals surface area contributed by atoms with Crippen LogP contribution in [0.3, 0.4) is 0 Å². The van der Waals surface area contributed by atoms with Crippen molar-refractivity contribution in [3.05, 3.63) is 45.9 Å². The first kappa shape index (κ1) is 9.25. The predicted molar refractivity (Wildman–Crippen MR) is 66.4 cm³/mol. The zero-order valence-electron chi connectivity index (χ0n) is 7.63. The Labute approximate surface area is 99.8 Å². The molecule has 0 N–H and O–H groups in total. The first-order valence-electron chi connectivity index (χ1n) is 4.52. The van der Waals surface area contributed by atoms with E-state index in [9.17, 15) is 0 Å². The molecule has 1 nitrogen and oxygen atoms in total. The maximum atomic E-state index is 6.06. The van der Waals surface area contributed by atoms with Crippen LogP contribution in [-0.4, -0.2) is 0 Å². The average Bonchev–Trinajstić information content (AvgIpc) is 2.58. The fourth-order valence-corrected chi connectivity index (χ4v) is 2.31. The molecule has 0 saturated heterocycles. The van der Waals surface area contributed by atoms with Crippen molar-refractivity contribution in [1.29, 1.82) is 0 Å². The van der Waals surface area contributed by atoms with Crippen LogP contribution in [0.1, 0.15) is 0 Å². The van der Waals surface area contributed by atoms with Crippen molar-refractivity contribution >= 4 is 49.5 Å². The highest BCUT2D eigenvalue weighted by Crippen LogP contribution is 2.34. The third-order valence-electron chi connectivity index (χ3n) is 2.41. The first-order valence-corrected chi connectivity index (χ1v) is 5.69. The molecule has 3 aromatic rings. The lowest BCUT2D eigenvalue weighted by Gasteiger charge is -1.90. The van der Waals surface area contributed by atoms with Gasteiger partial charge in [0.05, 0.1) is 5.02 Å². The highest BCUT2D eigenvalue weighted by atomic mass is 79.9. The van der Waals surface area contributed by atoms with E-state index in [0.29, 0.717) is 5.02 Å². The Balaban J connectivity index is 2.58. The summed E-state index contributed by atoms with van der Waals surface area (Å²) in [6, 6.07) is 11.7. The number of furan rings is 1. The second-order valence-corrected chi connectivity index (χ2v) is 4.68. The normalized spacial score (nSPS) is 11.3. The number of para-hydroxylation sites is 1. The Bertz CT molecular complexity index is 657. The van der Waals surface area contributed by atoms with Gasteiger partial charge in [-0.3, -0.25) is 0 Å². The molecule has 0 atom stereocenters. The van der Waals surface area contributed by atoms with E-state index in [2.05, 4.69) is 15.9 Å². The van der Waals surface area contributed by atoms with Gasteiger partial charge < -0.3 is 4.42 Å². The van der Waals surface area contributed by atoms with Gasteiger partial charge in [0.15, 0.2) is 5.58 Å². The van der Waals surface area contributed by atoms with Gasteiger partial charge in [-0.05, 0) is 24.3 Å². The van der Waals surface area contributed by atoms with Gasteiger partial charge in [0.25, 0.3) is 0 Å². The second-order valence-electron chi connectivity index (χ2n) is 3.36. The molecule has 0 saturated carbocycles. The van der Waals surface area contributed by atoms with E-state index in [-0.39, 0.29) is 0 Å².